The molecule has 0 bridgehead atoms. The van der Waals surface area contributed by atoms with E-state index in [9.17, 15) is 0 Å². The van der Waals surface area contributed by atoms with Crippen molar-refractivity contribution in [3.8, 4) is 0 Å². The van der Waals surface area contributed by atoms with E-state index in [1.807, 2.05) is 92.7 Å². The van der Waals surface area contributed by atoms with Gasteiger partial charge in [0.25, 0.3) is 0 Å². The third kappa shape index (κ3) is 16.1. The number of nitrogens with zero attached hydrogens (tertiary/aromatic N) is 2. The summed E-state index contributed by atoms with van der Waals surface area (Å²) in [6.45, 7) is 29.6. The molecule has 2 aliphatic rings. The Morgan fingerprint density at radius 3 is 2.17 bits per heavy atom. The Bertz CT molecular complexity index is 2110. The normalized spacial score (nSPS) is 13.7. The van der Waals surface area contributed by atoms with E-state index in [4.69, 9.17) is 5.73 Å². The zero-order valence-corrected chi connectivity index (χ0v) is 38.4. The first-order valence-corrected chi connectivity index (χ1v) is 21.2. The number of H-pyrrole nitrogens is 1. The highest BCUT2D eigenvalue weighted by atomic mass is 15.0. The molecule has 3 N–H and O–H groups in total. The molecule has 58 heavy (non-hydrogen) atoms. The van der Waals surface area contributed by atoms with E-state index >= 15 is 0 Å². The summed E-state index contributed by atoms with van der Waals surface area (Å²) in [5.74, 6) is 0.304. The van der Waals surface area contributed by atoms with E-state index in [-0.39, 0.29) is 0 Å². The molecule has 6 rings (SSSR count). The van der Waals surface area contributed by atoms with Gasteiger partial charge in [-0.05, 0) is 98.7 Å². The number of hydrogen-bond donors (Lipinski definition) is 2. The van der Waals surface area contributed by atoms with Crippen LogP contribution < -0.4 is 5.73 Å². The number of hydrogen-bond acceptors (Lipinski definition) is 2. The average molecular weight is 781 g/mol. The van der Waals surface area contributed by atoms with Crippen molar-refractivity contribution in [1.82, 2.24) is 9.55 Å². The molecule has 4 aromatic rings. The van der Waals surface area contributed by atoms with Crippen molar-refractivity contribution in [2.24, 2.45) is 23.7 Å². The summed E-state index contributed by atoms with van der Waals surface area (Å²) >= 11 is 0. The second-order valence-corrected chi connectivity index (χ2v) is 12.6. The monoisotopic (exact) mass is 781 g/mol. The Kier molecular flexibility index (Phi) is 28.4. The minimum Gasteiger partial charge on any atom is -0.402 e. The molecular weight excluding hydrogens is 705 g/mol. The van der Waals surface area contributed by atoms with Gasteiger partial charge in [-0.2, -0.15) is 0 Å². The second kappa shape index (κ2) is 31.5. The Hall–Kier alpha value is -5.61. The number of aromatic amines is 1. The van der Waals surface area contributed by atoms with E-state index in [0.29, 0.717) is 5.92 Å². The number of aromatic nitrogens is 2. The van der Waals surface area contributed by atoms with E-state index in [1.54, 1.807) is 19.3 Å². The number of para-hydroxylation sites is 1. The summed E-state index contributed by atoms with van der Waals surface area (Å²) in [4.78, 5) is 7.24. The number of rotatable bonds is 8. The van der Waals surface area contributed by atoms with Crippen LogP contribution in [0.2, 0.25) is 0 Å². The van der Waals surface area contributed by atoms with Gasteiger partial charge in [-0.1, -0.05) is 166 Å². The molecule has 2 aromatic heterocycles. The molecule has 0 amide bonds. The number of allylic oxidation sites excluding steroid dienone is 19. The number of benzene rings is 2. The average Bonchev–Trinajstić information content (AvgIpc) is 3.88. The molecule has 0 fully saturated rings. The predicted molar refractivity (Wildman–Crippen MR) is 268 cm³/mol. The molecule has 0 spiro atoms. The van der Waals surface area contributed by atoms with Crippen molar-refractivity contribution >= 4 is 45.0 Å². The standard InChI is InChI=1S/C20H27N.C18H14N2.C5H9N.C5H8.3C2H6/c1-5-7-12-16(3)20(17(4)21)15-18(6-2)19-13-10-8-9-11-14-19;1-20-17-8-4-6-12(17)14-9-13-11-5-2-3-7-15(11)19-16(13)10-18(14)20;1-3-4-5-6-2;1-3-5-4-2;3*1-2/h6-10,12-16H,2,5,11,21H2,1,3-4H3;2-5,7-10,19H,6H2,1H3;3-5H,1-2H3;3-5H,1H2,2H3;3*1-2H3/b12-7-,18-15+,20-17-;;4-3-,6-5?;5-4+;;;. The van der Waals surface area contributed by atoms with Crippen LogP contribution in [0.15, 0.2) is 168 Å². The third-order valence-electron chi connectivity index (χ3n) is 8.80. The van der Waals surface area contributed by atoms with Crippen LogP contribution >= 0.6 is 0 Å². The van der Waals surface area contributed by atoms with Crippen LogP contribution in [0.5, 0.6) is 0 Å². The van der Waals surface area contributed by atoms with Crippen molar-refractivity contribution < 1.29 is 0 Å². The van der Waals surface area contributed by atoms with E-state index in [2.05, 4.69) is 146 Å². The highest BCUT2D eigenvalue weighted by molar-refractivity contribution is 6.12. The lowest BCUT2D eigenvalue weighted by Crippen LogP contribution is -2.04. The largest absolute Gasteiger partial charge is 0.402 e. The number of aliphatic imine (C=N–C) groups is 1. The molecular formula is C54H76N4. The molecule has 4 nitrogen and oxygen atoms in total. The SMILES string of the molecule is C/C=C\C=NC.C=C/C(=C\C(=C(/C)N)C(C)/C=C\CC)C1=CCC=CC=C1.C=C/C=C/C.CC.CC.CC.Cn1c2c(c3cc4c(cc31)[nH]c1ccccc14)CC=C2. The number of nitrogens with one attached hydrogen (secondary N) is 1. The molecule has 4 heteroatoms. The van der Waals surface area contributed by atoms with Gasteiger partial charge in [0.2, 0.25) is 0 Å². The van der Waals surface area contributed by atoms with Crippen LogP contribution in [0.25, 0.3) is 38.8 Å². The van der Waals surface area contributed by atoms with Gasteiger partial charge < -0.3 is 15.3 Å². The summed E-state index contributed by atoms with van der Waals surface area (Å²) < 4.78 is 2.30. The van der Waals surface area contributed by atoms with Crippen molar-refractivity contribution in [1.29, 1.82) is 0 Å². The Balaban J connectivity index is 0.000000812. The fourth-order valence-corrected chi connectivity index (χ4v) is 6.17. The minimum absolute atomic E-state index is 0.304. The minimum atomic E-state index is 0.304. The predicted octanol–water partition coefficient (Wildman–Crippen LogP) is 15.8. The maximum Gasteiger partial charge on any atom is 0.0506 e. The quantitative estimate of drug-likeness (QED) is 0.104. The molecule has 1 atom stereocenters. The first kappa shape index (κ1) is 52.4. The zero-order valence-electron chi connectivity index (χ0n) is 38.4. The van der Waals surface area contributed by atoms with Crippen molar-refractivity contribution in [2.45, 2.75) is 95.4 Å². The smallest absolute Gasteiger partial charge is 0.0506 e. The van der Waals surface area contributed by atoms with Crippen LogP contribution in [0.4, 0.5) is 0 Å². The summed E-state index contributed by atoms with van der Waals surface area (Å²) in [6, 6.07) is 13.2. The van der Waals surface area contributed by atoms with Crippen LogP contribution in [0.1, 0.15) is 100 Å². The maximum absolute atomic E-state index is 6.09. The lowest BCUT2D eigenvalue weighted by atomic mass is 9.93. The molecule has 0 saturated carbocycles. The van der Waals surface area contributed by atoms with Gasteiger partial charge in [-0.15, -0.1) is 0 Å². The first-order chi connectivity index (χ1) is 28.3. The van der Waals surface area contributed by atoms with E-state index in [0.717, 1.165) is 36.1 Å². The van der Waals surface area contributed by atoms with Gasteiger partial charge in [0.15, 0.2) is 0 Å². The molecule has 2 aromatic carbocycles. The van der Waals surface area contributed by atoms with E-state index < -0.39 is 0 Å². The van der Waals surface area contributed by atoms with Crippen molar-refractivity contribution in [3.05, 3.63) is 174 Å². The van der Waals surface area contributed by atoms with E-state index in [1.165, 1.54) is 49.5 Å². The molecule has 2 heterocycles. The summed E-state index contributed by atoms with van der Waals surface area (Å²) in [7, 11) is 3.91. The van der Waals surface area contributed by atoms with Gasteiger partial charge in [-0.25, -0.2) is 0 Å². The van der Waals surface area contributed by atoms with Crippen LogP contribution in [-0.2, 0) is 13.5 Å². The van der Waals surface area contributed by atoms with Crippen LogP contribution in [-0.4, -0.2) is 22.8 Å². The molecule has 0 saturated heterocycles. The second-order valence-electron chi connectivity index (χ2n) is 12.6. The summed E-state index contributed by atoms with van der Waals surface area (Å²) in [6.07, 6.45) is 37.8. The Labute approximate surface area is 353 Å². The summed E-state index contributed by atoms with van der Waals surface area (Å²) in [5, 5.41) is 4.03. The fourth-order valence-electron chi connectivity index (χ4n) is 6.17. The Morgan fingerprint density at radius 2 is 1.60 bits per heavy atom. The first-order valence-electron chi connectivity index (χ1n) is 21.2. The van der Waals surface area contributed by atoms with Gasteiger partial charge in [0.1, 0.15) is 0 Å². The fraction of sp³-hybridized carbons (Fsp3) is 0.315. The molecule has 0 radical (unpaired) electrons. The van der Waals surface area contributed by atoms with Gasteiger partial charge in [-0.3, -0.25) is 4.99 Å². The van der Waals surface area contributed by atoms with Crippen LogP contribution in [0.3, 0.4) is 0 Å². The highest BCUT2D eigenvalue weighted by Gasteiger charge is 2.17. The topological polar surface area (TPSA) is 59.1 Å². The van der Waals surface area contributed by atoms with Gasteiger partial charge in [0.05, 0.1) is 5.52 Å². The van der Waals surface area contributed by atoms with Gasteiger partial charge >= 0.3 is 0 Å². The van der Waals surface area contributed by atoms with Gasteiger partial charge in [0, 0.05) is 64.8 Å². The zero-order chi connectivity index (χ0) is 43.9. The maximum atomic E-state index is 6.09. The third-order valence-corrected chi connectivity index (χ3v) is 8.80. The highest BCUT2D eigenvalue weighted by Crippen LogP contribution is 2.36. The lowest BCUT2D eigenvalue weighted by Gasteiger charge is -2.13. The number of fused-ring (bicyclic) bond motifs is 6. The number of aryl methyl sites for hydroxylation is 1. The number of nitrogens with two attached hydrogens (primary N) is 1. The molecule has 1 unspecified atom stereocenters. The Morgan fingerprint density at radius 1 is 0.914 bits per heavy atom. The molecule has 2 aliphatic carbocycles. The molecule has 312 valence electrons. The van der Waals surface area contributed by atoms with Crippen LogP contribution in [0, 0.1) is 5.92 Å². The lowest BCUT2D eigenvalue weighted by molar-refractivity contribution is 0.861. The molecule has 0 aliphatic heterocycles. The van der Waals surface area contributed by atoms with Crippen molar-refractivity contribution in [3.63, 3.8) is 0 Å². The summed E-state index contributed by atoms with van der Waals surface area (Å²) in [5.41, 5.74) is 17.0. The van der Waals surface area contributed by atoms with Crippen molar-refractivity contribution in [2.75, 3.05) is 7.05 Å².